The lowest BCUT2D eigenvalue weighted by atomic mass is 10.2. The molecule has 1 aromatic carbocycles. The molecule has 1 rings (SSSR count). The molecule has 120 valence electrons. The van der Waals surface area contributed by atoms with Crippen LogP contribution in [0.5, 0.6) is 0 Å². The molecule has 0 aliphatic heterocycles. The molecule has 0 amide bonds. The number of methoxy groups -OCH3 is 1. The first-order valence-electron chi connectivity index (χ1n) is 7.83. The van der Waals surface area contributed by atoms with Gasteiger partial charge in [-0.15, -0.1) is 0 Å². The Labute approximate surface area is 129 Å². The van der Waals surface area contributed by atoms with E-state index < -0.39 is 0 Å². The van der Waals surface area contributed by atoms with Gasteiger partial charge in [-0.2, -0.15) is 0 Å². The zero-order valence-electron chi connectivity index (χ0n) is 13.5. The van der Waals surface area contributed by atoms with Crippen LogP contribution in [0.1, 0.15) is 18.4 Å². The van der Waals surface area contributed by atoms with Crippen molar-refractivity contribution in [2.45, 2.75) is 19.4 Å². The summed E-state index contributed by atoms with van der Waals surface area (Å²) in [5.41, 5.74) is 1.38. The highest BCUT2D eigenvalue weighted by Crippen LogP contribution is 2.02. The molecule has 0 radical (unpaired) electrons. The second kappa shape index (κ2) is 12.8. The van der Waals surface area contributed by atoms with Crippen molar-refractivity contribution < 1.29 is 9.47 Å². The van der Waals surface area contributed by atoms with Gasteiger partial charge in [-0.05, 0) is 45.1 Å². The van der Waals surface area contributed by atoms with Gasteiger partial charge in [-0.1, -0.05) is 30.3 Å². The van der Waals surface area contributed by atoms with Crippen LogP contribution in [0.15, 0.2) is 30.3 Å². The maximum atomic E-state index is 5.41. The van der Waals surface area contributed by atoms with Crippen LogP contribution in [0, 0.1) is 0 Å². The summed E-state index contributed by atoms with van der Waals surface area (Å²) in [6.45, 7) is 6.42. The van der Waals surface area contributed by atoms with Gasteiger partial charge in [0.2, 0.25) is 0 Å². The normalized spacial score (nSPS) is 11.2. The van der Waals surface area contributed by atoms with Gasteiger partial charge in [0.25, 0.3) is 0 Å². The van der Waals surface area contributed by atoms with Crippen LogP contribution in [-0.2, 0) is 16.0 Å². The molecule has 0 unspecified atom stereocenters. The van der Waals surface area contributed by atoms with Gasteiger partial charge in [0.05, 0.1) is 13.2 Å². The number of nitrogens with one attached hydrogen (secondary N) is 1. The minimum atomic E-state index is 0.682. The van der Waals surface area contributed by atoms with Crippen LogP contribution in [0.3, 0.4) is 0 Å². The summed E-state index contributed by atoms with van der Waals surface area (Å²) in [5.74, 6) is 0. The van der Waals surface area contributed by atoms with Crippen molar-refractivity contribution >= 4 is 0 Å². The molecule has 4 heteroatoms. The largest absolute Gasteiger partial charge is 0.382 e. The van der Waals surface area contributed by atoms with Crippen LogP contribution < -0.4 is 5.32 Å². The molecule has 0 saturated carbocycles. The third-order valence-corrected chi connectivity index (χ3v) is 3.26. The van der Waals surface area contributed by atoms with E-state index in [1.807, 2.05) is 0 Å². The second-order valence-corrected chi connectivity index (χ2v) is 5.29. The molecule has 1 N–H and O–H groups in total. The average Bonchev–Trinajstić information content (AvgIpc) is 2.50. The van der Waals surface area contributed by atoms with E-state index in [2.05, 4.69) is 47.6 Å². The Kier molecular flexibility index (Phi) is 11.0. The first-order chi connectivity index (χ1) is 10.3. The van der Waals surface area contributed by atoms with Crippen molar-refractivity contribution in [3.63, 3.8) is 0 Å². The van der Waals surface area contributed by atoms with Gasteiger partial charge in [-0.3, -0.25) is 0 Å². The number of nitrogens with zero attached hydrogens (tertiary/aromatic N) is 1. The van der Waals surface area contributed by atoms with Crippen LogP contribution in [0.2, 0.25) is 0 Å². The Morgan fingerprint density at radius 2 is 1.76 bits per heavy atom. The van der Waals surface area contributed by atoms with E-state index in [0.717, 1.165) is 39.2 Å². The standard InChI is InChI=1S/C17H30N2O2/c1-19(16-17-8-4-3-5-9-17)12-6-10-18-11-7-13-21-15-14-20-2/h3-5,8-9,18H,6-7,10-16H2,1-2H3. The van der Waals surface area contributed by atoms with Crippen LogP contribution in [-0.4, -0.2) is 58.5 Å². The van der Waals surface area contributed by atoms with Crippen molar-refractivity contribution in [1.29, 1.82) is 0 Å². The number of rotatable bonds is 13. The van der Waals surface area contributed by atoms with E-state index in [1.54, 1.807) is 7.11 Å². The van der Waals surface area contributed by atoms with Gasteiger partial charge >= 0.3 is 0 Å². The smallest absolute Gasteiger partial charge is 0.0700 e. The zero-order chi connectivity index (χ0) is 15.2. The molecule has 0 spiro atoms. The second-order valence-electron chi connectivity index (χ2n) is 5.29. The summed E-state index contributed by atoms with van der Waals surface area (Å²) in [4.78, 5) is 2.37. The van der Waals surface area contributed by atoms with Gasteiger partial charge in [-0.25, -0.2) is 0 Å². The predicted molar refractivity (Wildman–Crippen MR) is 87.6 cm³/mol. The zero-order valence-corrected chi connectivity index (χ0v) is 13.5. The molecule has 0 heterocycles. The van der Waals surface area contributed by atoms with Gasteiger partial charge in [0.1, 0.15) is 0 Å². The van der Waals surface area contributed by atoms with Crippen molar-refractivity contribution in [3.8, 4) is 0 Å². The lowest BCUT2D eigenvalue weighted by Gasteiger charge is -2.16. The van der Waals surface area contributed by atoms with E-state index in [0.29, 0.717) is 13.2 Å². The molecule has 0 bridgehead atoms. The Morgan fingerprint density at radius 1 is 1.00 bits per heavy atom. The van der Waals surface area contributed by atoms with Gasteiger partial charge in [0, 0.05) is 20.3 Å². The van der Waals surface area contributed by atoms with Gasteiger partial charge < -0.3 is 19.7 Å². The first kappa shape index (κ1) is 18.1. The molecule has 0 fully saturated rings. The van der Waals surface area contributed by atoms with E-state index in [4.69, 9.17) is 9.47 Å². The topological polar surface area (TPSA) is 33.7 Å². The first-order valence-corrected chi connectivity index (χ1v) is 7.83. The molecule has 0 atom stereocenters. The Balaban J connectivity index is 1.87. The number of hydrogen-bond donors (Lipinski definition) is 1. The van der Waals surface area contributed by atoms with Crippen molar-refractivity contribution in [1.82, 2.24) is 10.2 Å². The average molecular weight is 294 g/mol. The van der Waals surface area contributed by atoms with Crippen LogP contribution >= 0.6 is 0 Å². The third-order valence-electron chi connectivity index (χ3n) is 3.26. The molecule has 0 aromatic heterocycles. The quantitative estimate of drug-likeness (QED) is 0.565. The highest BCUT2D eigenvalue weighted by atomic mass is 16.5. The lowest BCUT2D eigenvalue weighted by molar-refractivity contribution is 0.0695. The Bertz CT molecular complexity index is 333. The van der Waals surface area contributed by atoms with Gasteiger partial charge in [0.15, 0.2) is 0 Å². The highest BCUT2D eigenvalue weighted by Gasteiger charge is 1.99. The third kappa shape index (κ3) is 10.4. The van der Waals surface area contributed by atoms with E-state index in [-0.39, 0.29) is 0 Å². The van der Waals surface area contributed by atoms with Crippen LogP contribution in [0.25, 0.3) is 0 Å². The number of benzene rings is 1. The minimum absolute atomic E-state index is 0.682. The number of hydrogen-bond acceptors (Lipinski definition) is 4. The molecule has 1 aromatic rings. The Hall–Kier alpha value is -0.940. The van der Waals surface area contributed by atoms with Crippen LogP contribution in [0.4, 0.5) is 0 Å². The fourth-order valence-electron chi connectivity index (χ4n) is 2.12. The SMILES string of the molecule is COCCOCCCNCCCN(C)Cc1ccccc1. The maximum Gasteiger partial charge on any atom is 0.0700 e. The van der Waals surface area contributed by atoms with E-state index in [1.165, 1.54) is 12.0 Å². The molecular weight excluding hydrogens is 264 g/mol. The van der Waals surface area contributed by atoms with E-state index >= 15 is 0 Å². The Morgan fingerprint density at radius 3 is 2.52 bits per heavy atom. The summed E-state index contributed by atoms with van der Waals surface area (Å²) >= 11 is 0. The summed E-state index contributed by atoms with van der Waals surface area (Å²) in [6, 6.07) is 10.6. The summed E-state index contributed by atoms with van der Waals surface area (Å²) in [6.07, 6.45) is 2.23. The molecule has 0 aliphatic carbocycles. The van der Waals surface area contributed by atoms with E-state index in [9.17, 15) is 0 Å². The summed E-state index contributed by atoms with van der Waals surface area (Å²) in [7, 11) is 3.87. The fraction of sp³-hybridized carbons (Fsp3) is 0.647. The lowest BCUT2D eigenvalue weighted by Crippen LogP contribution is -2.25. The summed E-state index contributed by atoms with van der Waals surface area (Å²) in [5, 5.41) is 3.46. The fourth-order valence-corrected chi connectivity index (χ4v) is 2.12. The molecule has 21 heavy (non-hydrogen) atoms. The summed E-state index contributed by atoms with van der Waals surface area (Å²) < 4.78 is 10.3. The highest BCUT2D eigenvalue weighted by molar-refractivity contribution is 5.14. The van der Waals surface area contributed by atoms with Crippen molar-refractivity contribution in [3.05, 3.63) is 35.9 Å². The molecule has 4 nitrogen and oxygen atoms in total. The molecule has 0 saturated heterocycles. The monoisotopic (exact) mass is 294 g/mol. The molecular formula is C17H30N2O2. The number of ether oxygens (including phenoxy) is 2. The van der Waals surface area contributed by atoms with Crippen molar-refractivity contribution in [2.75, 3.05) is 53.6 Å². The maximum absolute atomic E-state index is 5.41. The molecule has 0 aliphatic rings. The predicted octanol–water partition coefficient (Wildman–Crippen LogP) is 2.15. The minimum Gasteiger partial charge on any atom is -0.382 e. The van der Waals surface area contributed by atoms with Crippen molar-refractivity contribution in [2.24, 2.45) is 0 Å².